The zero-order chi connectivity index (χ0) is 15.2. The number of piperidine rings is 1. The van der Waals surface area contributed by atoms with Gasteiger partial charge in [0.15, 0.2) is 0 Å². The minimum atomic E-state index is 0.162. The van der Waals surface area contributed by atoms with Gasteiger partial charge in [-0.1, -0.05) is 0 Å². The summed E-state index contributed by atoms with van der Waals surface area (Å²) in [5.74, 6) is 0.843. The number of nitrogens with zero attached hydrogens (tertiary/aromatic N) is 2. The van der Waals surface area contributed by atoms with E-state index in [9.17, 15) is 4.79 Å². The minimum absolute atomic E-state index is 0.162. The number of pyridine rings is 1. The van der Waals surface area contributed by atoms with Crippen LogP contribution in [0.5, 0.6) is 0 Å². The summed E-state index contributed by atoms with van der Waals surface area (Å²) in [6.07, 6.45) is 4.17. The van der Waals surface area contributed by atoms with Gasteiger partial charge in [-0.25, -0.2) is 0 Å². The van der Waals surface area contributed by atoms with Crippen LogP contribution in [0, 0.1) is 19.8 Å². The minimum Gasteiger partial charge on any atom is -0.352 e. The van der Waals surface area contributed by atoms with Crippen LogP contribution < -0.4 is 5.32 Å². The van der Waals surface area contributed by atoms with E-state index in [1.54, 1.807) is 0 Å². The predicted octanol–water partition coefficient (Wildman–Crippen LogP) is 2.44. The molecule has 1 aliphatic heterocycles. The molecule has 1 unspecified atom stereocenters. The monoisotopic (exact) mass is 289 g/mol. The maximum Gasteiger partial charge on any atom is 0.220 e. The van der Waals surface area contributed by atoms with E-state index >= 15 is 0 Å². The van der Waals surface area contributed by atoms with E-state index in [1.807, 2.05) is 26.0 Å². The fraction of sp³-hybridized carbons (Fsp3) is 0.647. The summed E-state index contributed by atoms with van der Waals surface area (Å²) in [6.45, 7) is 6.91. The Morgan fingerprint density at radius 3 is 2.76 bits per heavy atom. The van der Waals surface area contributed by atoms with E-state index in [2.05, 4.69) is 22.2 Å². The summed E-state index contributed by atoms with van der Waals surface area (Å²) in [7, 11) is 2.17. The largest absolute Gasteiger partial charge is 0.352 e. The van der Waals surface area contributed by atoms with Crippen molar-refractivity contribution < 1.29 is 4.79 Å². The highest BCUT2D eigenvalue weighted by Gasteiger charge is 2.17. The van der Waals surface area contributed by atoms with Crippen LogP contribution in [-0.4, -0.2) is 35.9 Å². The standard InChI is InChI=1S/C17H27N3O/c1-13-9-16(10-14(2)19-13)11-18-17(21)7-6-15-5-4-8-20(3)12-15/h9-10,15H,4-8,11-12H2,1-3H3,(H,18,21). The first-order chi connectivity index (χ1) is 10.0. The van der Waals surface area contributed by atoms with E-state index in [-0.39, 0.29) is 5.91 Å². The number of aromatic nitrogens is 1. The van der Waals surface area contributed by atoms with Crippen LogP contribution in [0.1, 0.15) is 42.6 Å². The van der Waals surface area contributed by atoms with Crippen LogP contribution in [-0.2, 0) is 11.3 Å². The van der Waals surface area contributed by atoms with Gasteiger partial charge in [-0.2, -0.15) is 0 Å². The molecular weight excluding hydrogens is 262 g/mol. The van der Waals surface area contributed by atoms with Gasteiger partial charge in [0.1, 0.15) is 0 Å². The molecule has 0 bridgehead atoms. The fourth-order valence-electron chi connectivity index (χ4n) is 3.16. The van der Waals surface area contributed by atoms with E-state index in [1.165, 1.54) is 19.4 Å². The molecule has 1 saturated heterocycles. The molecule has 21 heavy (non-hydrogen) atoms. The number of nitrogens with one attached hydrogen (secondary N) is 1. The molecule has 1 aromatic rings. The number of rotatable bonds is 5. The Bertz CT molecular complexity index is 467. The average molecular weight is 289 g/mol. The average Bonchev–Trinajstić information content (AvgIpc) is 2.42. The first-order valence-corrected chi connectivity index (χ1v) is 7.92. The number of hydrogen-bond acceptors (Lipinski definition) is 3. The molecule has 1 amide bonds. The molecule has 1 fully saturated rings. The lowest BCUT2D eigenvalue weighted by atomic mass is 9.93. The van der Waals surface area contributed by atoms with Crippen LogP contribution >= 0.6 is 0 Å². The van der Waals surface area contributed by atoms with Crippen molar-refractivity contribution in [2.75, 3.05) is 20.1 Å². The molecule has 1 atom stereocenters. The third kappa shape index (κ3) is 5.46. The summed E-state index contributed by atoms with van der Waals surface area (Å²) in [4.78, 5) is 18.7. The van der Waals surface area contributed by atoms with Crippen molar-refractivity contribution in [2.45, 2.75) is 46.1 Å². The number of carbonyl (C=O) groups is 1. The molecule has 1 aromatic heterocycles. The molecule has 0 aliphatic carbocycles. The second kappa shape index (κ2) is 7.55. The highest BCUT2D eigenvalue weighted by atomic mass is 16.1. The molecule has 1 N–H and O–H groups in total. The van der Waals surface area contributed by atoms with E-state index < -0.39 is 0 Å². The van der Waals surface area contributed by atoms with Crippen LogP contribution in [0.3, 0.4) is 0 Å². The van der Waals surface area contributed by atoms with Crippen LogP contribution in [0.2, 0.25) is 0 Å². The second-order valence-electron chi connectivity index (χ2n) is 6.34. The Labute approximate surface area is 127 Å². The molecular formula is C17H27N3O. The highest BCUT2D eigenvalue weighted by Crippen LogP contribution is 2.19. The lowest BCUT2D eigenvalue weighted by Crippen LogP contribution is -2.33. The molecule has 2 rings (SSSR count). The van der Waals surface area contributed by atoms with Crippen molar-refractivity contribution in [2.24, 2.45) is 5.92 Å². The third-order valence-corrected chi connectivity index (χ3v) is 4.13. The van der Waals surface area contributed by atoms with Crippen molar-refractivity contribution in [3.8, 4) is 0 Å². The maximum absolute atomic E-state index is 12.0. The lowest BCUT2D eigenvalue weighted by molar-refractivity contribution is -0.121. The Balaban J connectivity index is 1.72. The van der Waals surface area contributed by atoms with Crippen molar-refractivity contribution in [1.82, 2.24) is 15.2 Å². The Morgan fingerprint density at radius 1 is 1.38 bits per heavy atom. The topological polar surface area (TPSA) is 45.2 Å². The summed E-state index contributed by atoms with van der Waals surface area (Å²) < 4.78 is 0. The van der Waals surface area contributed by atoms with Gasteiger partial charge in [0.2, 0.25) is 5.91 Å². The molecule has 4 heteroatoms. The predicted molar refractivity (Wildman–Crippen MR) is 85.0 cm³/mol. The summed E-state index contributed by atoms with van der Waals surface area (Å²) in [6, 6.07) is 4.06. The fourth-order valence-corrected chi connectivity index (χ4v) is 3.16. The molecule has 1 aliphatic rings. The van der Waals surface area contributed by atoms with Crippen molar-refractivity contribution in [3.05, 3.63) is 29.1 Å². The van der Waals surface area contributed by atoms with E-state index in [0.29, 0.717) is 18.9 Å². The Hall–Kier alpha value is -1.42. The first kappa shape index (κ1) is 16.0. The SMILES string of the molecule is Cc1cc(CNC(=O)CCC2CCCN(C)C2)cc(C)n1. The summed E-state index contributed by atoms with van der Waals surface area (Å²) >= 11 is 0. The van der Waals surface area contributed by atoms with Crippen LogP contribution in [0.25, 0.3) is 0 Å². The number of aryl methyl sites for hydroxylation is 2. The van der Waals surface area contributed by atoms with Crippen molar-refractivity contribution in [3.63, 3.8) is 0 Å². The molecule has 0 spiro atoms. The quantitative estimate of drug-likeness (QED) is 0.905. The second-order valence-corrected chi connectivity index (χ2v) is 6.34. The third-order valence-electron chi connectivity index (χ3n) is 4.13. The Morgan fingerprint density at radius 2 is 2.10 bits per heavy atom. The van der Waals surface area contributed by atoms with Gasteiger partial charge in [-0.3, -0.25) is 9.78 Å². The molecule has 0 radical (unpaired) electrons. The molecule has 2 heterocycles. The van der Waals surface area contributed by atoms with Crippen molar-refractivity contribution >= 4 is 5.91 Å². The van der Waals surface area contributed by atoms with Gasteiger partial charge in [0.25, 0.3) is 0 Å². The molecule has 0 aromatic carbocycles. The normalized spacial score (nSPS) is 19.5. The number of carbonyl (C=O) groups excluding carboxylic acids is 1. The zero-order valence-electron chi connectivity index (χ0n) is 13.5. The smallest absolute Gasteiger partial charge is 0.220 e. The van der Waals surface area contributed by atoms with Gasteiger partial charge < -0.3 is 10.2 Å². The van der Waals surface area contributed by atoms with Gasteiger partial charge in [-0.05, 0) is 70.3 Å². The highest BCUT2D eigenvalue weighted by molar-refractivity contribution is 5.75. The first-order valence-electron chi connectivity index (χ1n) is 7.92. The van der Waals surface area contributed by atoms with Crippen molar-refractivity contribution in [1.29, 1.82) is 0 Å². The van der Waals surface area contributed by atoms with E-state index in [0.717, 1.165) is 29.9 Å². The van der Waals surface area contributed by atoms with Gasteiger partial charge in [0, 0.05) is 30.9 Å². The molecule has 0 saturated carbocycles. The summed E-state index contributed by atoms with van der Waals surface area (Å²) in [5, 5.41) is 3.02. The van der Waals surface area contributed by atoms with Gasteiger partial charge in [0.05, 0.1) is 0 Å². The van der Waals surface area contributed by atoms with Crippen LogP contribution in [0.4, 0.5) is 0 Å². The lowest BCUT2D eigenvalue weighted by Gasteiger charge is -2.29. The molecule has 116 valence electrons. The van der Waals surface area contributed by atoms with Crippen LogP contribution in [0.15, 0.2) is 12.1 Å². The summed E-state index contributed by atoms with van der Waals surface area (Å²) in [5.41, 5.74) is 3.14. The Kier molecular flexibility index (Phi) is 5.74. The number of amides is 1. The van der Waals surface area contributed by atoms with E-state index in [4.69, 9.17) is 0 Å². The number of hydrogen-bond donors (Lipinski definition) is 1. The maximum atomic E-state index is 12.0. The van der Waals surface area contributed by atoms with Gasteiger partial charge >= 0.3 is 0 Å². The number of likely N-dealkylation sites (tertiary alicyclic amines) is 1. The molecule has 4 nitrogen and oxygen atoms in total. The van der Waals surface area contributed by atoms with Gasteiger partial charge in [-0.15, -0.1) is 0 Å². The zero-order valence-corrected chi connectivity index (χ0v) is 13.5.